The Morgan fingerprint density at radius 3 is 2.24 bits per heavy atom. The van der Waals surface area contributed by atoms with Gasteiger partial charge < -0.3 is 10.2 Å². The van der Waals surface area contributed by atoms with Gasteiger partial charge in [-0.15, -0.1) is 0 Å². The summed E-state index contributed by atoms with van der Waals surface area (Å²) in [7, 11) is 0. The van der Waals surface area contributed by atoms with Crippen LogP contribution in [0.3, 0.4) is 0 Å². The summed E-state index contributed by atoms with van der Waals surface area (Å²) in [4.78, 5) is 24.1. The van der Waals surface area contributed by atoms with Crippen LogP contribution in [0.1, 0.15) is 6.92 Å². The minimum atomic E-state index is -1.80. The van der Waals surface area contributed by atoms with E-state index in [1.165, 1.54) is 0 Å². The highest BCUT2D eigenvalue weighted by Crippen LogP contribution is 2.24. The van der Waals surface area contributed by atoms with E-state index in [9.17, 15) is 31.5 Å². The van der Waals surface area contributed by atoms with Gasteiger partial charge in [0.15, 0.2) is 17.5 Å². The van der Waals surface area contributed by atoms with Crippen LogP contribution >= 0.6 is 0 Å². The Balaban J connectivity index is 2.23. The predicted molar refractivity (Wildman–Crippen MR) is 79.3 cm³/mol. The van der Waals surface area contributed by atoms with Gasteiger partial charge in [-0.3, -0.25) is 9.59 Å². The summed E-state index contributed by atoms with van der Waals surface area (Å²) < 4.78 is 66.4. The first-order valence-corrected chi connectivity index (χ1v) is 6.87. The first-order chi connectivity index (χ1) is 11.7. The molecule has 0 saturated heterocycles. The second-order valence-corrected chi connectivity index (χ2v) is 4.97. The van der Waals surface area contributed by atoms with Gasteiger partial charge in [0.2, 0.25) is 11.8 Å². The zero-order valence-corrected chi connectivity index (χ0v) is 12.7. The third-order valence-corrected chi connectivity index (χ3v) is 3.19. The lowest BCUT2D eigenvalue weighted by atomic mass is 10.2. The quantitative estimate of drug-likeness (QED) is 0.673. The molecule has 2 rings (SSSR count). The number of halogens is 5. The van der Waals surface area contributed by atoms with Crippen molar-refractivity contribution < 1.29 is 31.5 Å². The summed E-state index contributed by atoms with van der Waals surface area (Å²) >= 11 is 0. The van der Waals surface area contributed by atoms with E-state index in [1.807, 2.05) is 0 Å². The van der Waals surface area contributed by atoms with Crippen LogP contribution in [0.15, 0.2) is 30.3 Å². The maximum atomic E-state index is 13.8. The number of hydrogen-bond acceptors (Lipinski definition) is 2. The molecule has 0 radical (unpaired) electrons. The van der Waals surface area contributed by atoms with Crippen molar-refractivity contribution >= 4 is 23.2 Å². The molecule has 25 heavy (non-hydrogen) atoms. The fourth-order valence-electron chi connectivity index (χ4n) is 2.01. The zero-order chi connectivity index (χ0) is 18.7. The largest absolute Gasteiger partial charge is 0.322 e. The Morgan fingerprint density at radius 2 is 1.64 bits per heavy atom. The average molecular weight is 358 g/mol. The van der Waals surface area contributed by atoms with Gasteiger partial charge in [0, 0.05) is 13.0 Å². The minimum Gasteiger partial charge on any atom is -0.322 e. The molecule has 2 aromatic carbocycles. The van der Waals surface area contributed by atoms with E-state index >= 15 is 0 Å². The monoisotopic (exact) mass is 358 g/mol. The van der Waals surface area contributed by atoms with Crippen molar-refractivity contribution in [3.8, 4) is 0 Å². The summed E-state index contributed by atoms with van der Waals surface area (Å²) in [5.74, 6) is -8.59. The number of benzene rings is 2. The number of nitrogens with one attached hydrogen (secondary N) is 1. The van der Waals surface area contributed by atoms with Crippen LogP contribution in [0.5, 0.6) is 0 Å². The van der Waals surface area contributed by atoms with Gasteiger partial charge in [0.25, 0.3) is 0 Å². The topological polar surface area (TPSA) is 49.4 Å². The molecule has 0 fully saturated rings. The SMILES string of the molecule is CC(=O)N(CC(=O)Nc1ccc(F)cc1F)c1ccc(F)c(F)c1F. The Labute approximate surface area is 138 Å². The number of rotatable bonds is 4. The van der Waals surface area contributed by atoms with Gasteiger partial charge >= 0.3 is 0 Å². The van der Waals surface area contributed by atoms with Gasteiger partial charge in [-0.2, -0.15) is 0 Å². The van der Waals surface area contributed by atoms with E-state index in [4.69, 9.17) is 0 Å². The molecular formula is C16H11F5N2O2. The molecule has 132 valence electrons. The molecule has 1 N–H and O–H groups in total. The highest BCUT2D eigenvalue weighted by Gasteiger charge is 2.23. The van der Waals surface area contributed by atoms with E-state index < -0.39 is 53.1 Å². The van der Waals surface area contributed by atoms with E-state index in [0.29, 0.717) is 17.0 Å². The molecule has 0 aliphatic heterocycles. The van der Waals surface area contributed by atoms with Gasteiger partial charge in [-0.1, -0.05) is 0 Å². The summed E-state index contributed by atoms with van der Waals surface area (Å²) in [6, 6.07) is 3.78. The van der Waals surface area contributed by atoms with Crippen molar-refractivity contribution in [3.05, 3.63) is 59.4 Å². The van der Waals surface area contributed by atoms with E-state index in [2.05, 4.69) is 5.32 Å². The molecule has 0 atom stereocenters. The van der Waals surface area contributed by atoms with Crippen LogP contribution in [0.4, 0.5) is 33.3 Å². The molecule has 2 amide bonds. The van der Waals surface area contributed by atoms with Crippen molar-refractivity contribution in [2.24, 2.45) is 0 Å². The normalized spacial score (nSPS) is 10.5. The van der Waals surface area contributed by atoms with E-state index in [-0.39, 0.29) is 5.69 Å². The fourth-order valence-corrected chi connectivity index (χ4v) is 2.01. The maximum Gasteiger partial charge on any atom is 0.244 e. The minimum absolute atomic E-state index is 0.360. The Hall–Kier alpha value is -2.97. The first-order valence-electron chi connectivity index (χ1n) is 6.87. The number of nitrogens with zero attached hydrogens (tertiary/aromatic N) is 1. The second kappa shape index (κ2) is 7.29. The summed E-state index contributed by atoms with van der Waals surface area (Å²) in [6.45, 7) is 0.181. The molecule has 0 aliphatic rings. The second-order valence-electron chi connectivity index (χ2n) is 4.97. The summed E-state index contributed by atoms with van der Waals surface area (Å²) in [6.07, 6.45) is 0. The van der Waals surface area contributed by atoms with Crippen molar-refractivity contribution in [3.63, 3.8) is 0 Å². The third kappa shape index (κ3) is 4.11. The Morgan fingerprint density at radius 1 is 0.960 bits per heavy atom. The molecule has 0 bridgehead atoms. The molecule has 0 unspecified atom stereocenters. The summed E-state index contributed by atoms with van der Waals surface area (Å²) in [5, 5.41) is 2.07. The maximum absolute atomic E-state index is 13.8. The van der Waals surface area contributed by atoms with E-state index in [0.717, 1.165) is 25.1 Å². The number of anilines is 2. The van der Waals surface area contributed by atoms with Crippen LogP contribution in [0, 0.1) is 29.1 Å². The van der Waals surface area contributed by atoms with Gasteiger partial charge in [-0.25, -0.2) is 22.0 Å². The number of carbonyl (C=O) groups excluding carboxylic acids is 2. The molecule has 0 spiro atoms. The van der Waals surface area contributed by atoms with Gasteiger partial charge in [0.05, 0.1) is 11.4 Å². The molecular weight excluding hydrogens is 347 g/mol. The molecule has 2 aromatic rings. The number of carbonyl (C=O) groups is 2. The highest BCUT2D eigenvalue weighted by atomic mass is 19.2. The van der Waals surface area contributed by atoms with Crippen LogP contribution in [-0.2, 0) is 9.59 Å². The molecule has 0 saturated carbocycles. The molecule has 4 nitrogen and oxygen atoms in total. The standard InChI is InChI=1S/C16H11F5N2O2/c1-8(24)23(13-5-3-10(18)15(20)16(13)21)7-14(25)22-12-4-2-9(17)6-11(12)19/h2-6H,7H2,1H3,(H,22,25). The lowest BCUT2D eigenvalue weighted by molar-refractivity contribution is -0.120. The van der Waals surface area contributed by atoms with Crippen molar-refractivity contribution in [2.75, 3.05) is 16.8 Å². The average Bonchev–Trinajstić information content (AvgIpc) is 2.53. The Bertz CT molecular complexity index is 842. The van der Waals surface area contributed by atoms with Crippen LogP contribution in [-0.4, -0.2) is 18.4 Å². The van der Waals surface area contributed by atoms with Crippen LogP contribution < -0.4 is 10.2 Å². The lowest BCUT2D eigenvalue weighted by Gasteiger charge is -2.21. The molecule has 0 aromatic heterocycles. The van der Waals surface area contributed by atoms with Crippen molar-refractivity contribution in [2.45, 2.75) is 6.92 Å². The van der Waals surface area contributed by atoms with Crippen LogP contribution in [0.2, 0.25) is 0 Å². The van der Waals surface area contributed by atoms with Crippen molar-refractivity contribution in [1.82, 2.24) is 0 Å². The van der Waals surface area contributed by atoms with Gasteiger partial charge in [0.1, 0.15) is 18.2 Å². The summed E-state index contributed by atoms with van der Waals surface area (Å²) in [5.41, 5.74) is -1.01. The third-order valence-electron chi connectivity index (χ3n) is 3.19. The first kappa shape index (κ1) is 18.4. The molecule has 0 heterocycles. The smallest absolute Gasteiger partial charge is 0.244 e. The van der Waals surface area contributed by atoms with Crippen molar-refractivity contribution in [1.29, 1.82) is 0 Å². The lowest BCUT2D eigenvalue weighted by Crippen LogP contribution is -2.37. The van der Waals surface area contributed by atoms with Gasteiger partial charge in [-0.05, 0) is 24.3 Å². The number of amides is 2. The highest BCUT2D eigenvalue weighted by molar-refractivity contribution is 6.01. The van der Waals surface area contributed by atoms with Crippen LogP contribution in [0.25, 0.3) is 0 Å². The fraction of sp³-hybridized carbons (Fsp3) is 0.125. The number of hydrogen-bond donors (Lipinski definition) is 1. The predicted octanol–water partition coefficient (Wildman–Crippen LogP) is 3.37. The molecule has 9 heteroatoms. The molecule has 0 aliphatic carbocycles. The van der Waals surface area contributed by atoms with E-state index in [1.54, 1.807) is 0 Å². The Kier molecular flexibility index (Phi) is 5.35. The zero-order valence-electron chi connectivity index (χ0n) is 12.7.